The highest BCUT2D eigenvalue weighted by molar-refractivity contribution is 5.85. The lowest BCUT2D eigenvalue weighted by Gasteiger charge is -2.22. The van der Waals surface area contributed by atoms with Crippen molar-refractivity contribution in [2.24, 2.45) is 7.05 Å². The van der Waals surface area contributed by atoms with Gasteiger partial charge in [-0.2, -0.15) is 5.10 Å². The van der Waals surface area contributed by atoms with Crippen LogP contribution >= 0.6 is 0 Å². The number of rotatable bonds is 7. The van der Waals surface area contributed by atoms with Gasteiger partial charge in [-0.1, -0.05) is 13.3 Å². The molecular weight excluding hydrogens is 370 g/mol. The molecule has 0 saturated heterocycles. The lowest BCUT2D eigenvalue weighted by Crippen LogP contribution is -2.37. The molecule has 3 rings (SSSR count). The van der Waals surface area contributed by atoms with Gasteiger partial charge in [-0.15, -0.1) is 0 Å². The first-order valence-corrected chi connectivity index (χ1v) is 9.75. The van der Waals surface area contributed by atoms with Crippen LogP contribution in [0.15, 0.2) is 39.8 Å². The summed E-state index contributed by atoms with van der Waals surface area (Å²) < 4.78 is 13.1. The first-order chi connectivity index (χ1) is 13.8. The zero-order valence-corrected chi connectivity index (χ0v) is 17.6. The molecule has 0 aliphatic carbocycles. The Morgan fingerprint density at radius 3 is 2.79 bits per heavy atom. The minimum Gasteiger partial charge on any atom is -0.480 e. The monoisotopic (exact) mass is 397 g/mol. The zero-order valence-electron chi connectivity index (χ0n) is 17.6. The van der Waals surface area contributed by atoms with Crippen molar-refractivity contribution in [1.82, 2.24) is 14.7 Å². The van der Waals surface area contributed by atoms with Gasteiger partial charge in [0.15, 0.2) is 6.10 Å². The number of carbonyl (C=O) groups is 1. The summed E-state index contributed by atoms with van der Waals surface area (Å²) in [5.74, 6) is 0.388. The third kappa shape index (κ3) is 4.50. The summed E-state index contributed by atoms with van der Waals surface area (Å²) in [6, 6.07) is 5.27. The molecule has 1 amide bonds. The van der Waals surface area contributed by atoms with Crippen molar-refractivity contribution >= 4 is 16.9 Å². The van der Waals surface area contributed by atoms with Crippen molar-refractivity contribution in [2.45, 2.75) is 46.3 Å². The molecule has 0 radical (unpaired) electrons. The average molecular weight is 397 g/mol. The van der Waals surface area contributed by atoms with Gasteiger partial charge < -0.3 is 14.1 Å². The maximum absolute atomic E-state index is 12.7. The number of amides is 1. The van der Waals surface area contributed by atoms with Gasteiger partial charge in [-0.25, -0.2) is 4.79 Å². The maximum atomic E-state index is 12.7. The quantitative estimate of drug-likeness (QED) is 0.572. The van der Waals surface area contributed by atoms with Gasteiger partial charge in [0.25, 0.3) is 5.91 Å². The van der Waals surface area contributed by atoms with Crippen LogP contribution in [0.5, 0.6) is 5.75 Å². The van der Waals surface area contributed by atoms with Gasteiger partial charge in [-0.3, -0.25) is 9.48 Å². The zero-order chi connectivity index (χ0) is 21.1. The summed E-state index contributed by atoms with van der Waals surface area (Å²) in [6.45, 7) is 6.08. The molecular formula is C22H27N3O4. The van der Waals surface area contributed by atoms with E-state index in [0.717, 1.165) is 29.4 Å². The van der Waals surface area contributed by atoms with Crippen LogP contribution in [0.2, 0.25) is 0 Å². The van der Waals surface area contributed by atoms with Gasteiger partial charge in [0.2, 0.25) is 0 Å². The molecule has 29 heavy (non-hydrogen) atoms. The predicted octanol–water partition coefficient (Wildman–Crippen LogP) is 3.21. The summed E-state index contributed by atoms with van der Waals surface area (Å²) in [5.41, 5.74) is 2.77. The normalized spacial score (nSPS) is 12.2. The molecule has 0 spiro atoms. The van der Waals surface area contributed by atoms with Gasteiger partial charge >= 0.3 is 5.63 Å². The van der Waals surface area contributed by atoms with E-state index in [2.05, 4.69) is 12.0 Å². The largest absolute Gasteiger partial charge is 0.480 e. The molecule has 2 heterocycles. The lowest BCUT2D eigenvalue weighted by molar-refractivity contribution is -0.137. The Hall–Kier alpha value is -3.09. The predicted molar refractivity (Wildman–Crippen MR) is 111 cm³/mol. The van der Waals surface area contributed by atoms with Gasteiger partial charge in [-0.05, 0) is 38.0 Å². The first kappa shape index (κ1) is 20.6. The van der Waals surface area contributed by atoms with E-state index in [1.54, 1.807) is 35.8 Å². The van der Waals surface area contributed by atoms with Crippen molar-refractivity contribution in [3.05, 3.63) is 57.7 Å². The fraction of sp³-hybridized carbons (Fsp3) is 0.409. The second-order valence-corrected chi connectivity index (χ2v) is 7.38. The molecule has 1 unspecified atom stereocenters. The molecule has 7 heteroatoms. The Morgan fingerprint density at radius 2 is 2.14 bits per heavy atom. The molecule has 2 aromatic heterocycles. The Bertz CT molecular complexity index is 1080. The minimum atomic E-state index is -0.682. The molecule has 0 bridgehead atoms. The number of likely N-dealkylation sites (N-methyl/N-ethyl adjacent to an activating group) is 1. The number of hydrogen-bond donors (Lipinski definition) is 0. The van der Waals surface area contributed by atoms with E-state index in [1.807, 2.05) is 32.3 Å². The van der Waals surface area contributed by atoms with Crippen LogP contribution in [0.4, 0.5) is 0 Å². The summed E-state index contributed by atoms with van der Waals surface area (Å²) in [5, 5.41) is 5.03. The van der Waals surface area contributed by atoms with Crippen molar-refractivity contribution in [2.75, 3.05) is 7.05 Å². The molecule has 0 saturated carbocycles. The SMILES string of the molecule is CCCc1cc(=O)oc2c(C)c(OC(C)C(=O)N(C)Cc3cnn(C)c3)ccc12. The van der Waals surface area contributed by atoms with E-state index in [4.69, 9.17) is 9.15 Å². The number of benzene rings is 1. The van der Waals surface area contributed by atoms with Gasteiger partial charge in [0.1, 0.15) is 11.3 Å². The summed E-state index contributed by atoms with van der Waals surface area (Å²) >= 11 is 0. The number of nitrogens with zero attached hydrogens (tertiary/aromatic N) is 3. The average Bonchev–Trinajstić information content (AvgIpc) is 3.08. The number of carbonyl (C=O) groups excluding carboxylic acids is 1. The second-order valence-electron chi connectivity index (χ2n) is 7.38. The standard InChI is InChI=1S/C22H27N3O4/c1-6-7-17-10-20(26)29-21-14(2)19(9-8-18(17)21)28-15(3)22(27)24(4)12-16-11-23-25(5)13-16/h8-11,13,15H,6-7,12H2,1-5H3. The van der Waals surface area contributed by atoms with E-state index in [9.17, 15) is 9.59 Å². The number of aromatic nitrogens is 2. The number of aryl methyl sites for hydroxylation is 3. The highest BCUT2D eigenvalue weighted by Crippen LogP contribution is 2.29. The smallest absolute Gasteiger partial charge is 0.336 e. The van der Waals surface area contributed by atoms with E-state index in [0.29, 0.717) is 23.4 Å². The second kappa shape index (κ2) is 8.51. The number of fused-ring (bicyclic) bond motifs is 1. The molecule has 1 aromatic carbocycles. The Kier molecular flexibility index (Phi) is 6.06. The van der Waals surface area contributed by atoms with Crippen LogP contribution < -0.4 is 10.4 Å². The fourth-order valence-corrected chi connectivity index (χ4v) is 3.47. The summed E-state index contributed by atoms with van der Waals surface area (Å²) in [4.78, 5) is 26.3. The molecule has 154 valence electrons. The van der Waals surface area contributed by atoms with Gasteiger partial charge in [0.05, 0.1) is 6.20 Å². The fourth-order valence-electron chi connectivity index (χ4n) is 3.47. The van der Waals surface area contributed by atoms with E-state index >= 15 is 0 Å². The Balaban J connectivity index is 1.80. The lowest BCUT2D eigenvalue weighted by atomic mass is 10.0. The van der Waals surface area contributed by atoms with Crippen LogP contribution in [-0.4, -0.2) is 33.7 Å². The highest BCUT2D eigenvalue weighted by Gasteiger charge is 2.21. The van der Waals surface area contributed by atoms with Crippen molar-refractivity contribution in [3.63, 3.8) is 0 Å². The Labute approximate surface area is 169 Å². The van der Waals surface area contributed by atoms with Crippen LogP contribution in [-0.2, 0) is 24.8 Å². The van der Waals surface area contributed by atoms with Crippen molar-refractivity contribution in [1.29, 1.82) is 0 Å². The molecule has 0 N–H and O–H groups in total. The molecule has 7 nitrogen and oxygen atoms in total. The van der Waals surface area contributed by atoms with Crippen LogP contribution in [0.1, 0.15) is 37.0 Å². The summed E-state index contributed by atoms with van der Waals surface area (Å²) in [7, 11) is 3.57. The topological polar surface area (TPSA) is 77.6 Å². The molecule has 0 aliphatic heterocycles. The van der Waals surface area contributed by atoms with Crippen molar-refractivity contribution < 1.29 is 13.9 Å². The van der Waals surface area contributed by atoms with Gasteiger partial charge in [0, 0.05) is 49.4 Å². The van der Waals surface area contributed by atoms with Crippen LogP contribution in [0, 0.1) is 6.92 Å². The number of hydrogen-bond acceptors (Lipinski definition) is 5. The highest BCUT2D eigenvalue weighted by atomic mass is 16.5. The van der Waals surface area contributed by atoms with E-state index in [-0.39, 0.29) is 11.5 Å². The van der Waals surface area contributed by atoms with E-state index < -0.39 is 6.10 Å². The molecule has 3 aromatic rings. The van der Waals surface area contributed by atoms with E-state index in [1.165, 1.54) is 0 Å². The third-order valence-electron chi connectivity index (χ3n) is 4.92. The maximum Gasteiger partial charge on any atom is 0.336 e. The first-order valence-electron chi connectivity index (χ1n) is 9.75. The van der Waals surface area contributed by atoms with Crippen LogP contribution in [0.25, 0.3) is 11.0 Å². The number of ether oxygens (including phenoxy) is 1. The molecule has 0 aliphatic rings. The Morgan fingerprint density at radius 1 is 1.38 bits per heavy atom. The molecule has 0 fully saturated rings. The van der Waals surface area contributed by atoms with Crippen molar-refractivity contribution in [3.8, 4) is 5.75 Å². The minimum absolute atomic E-state index is 0.144. The third-order valence-corrected chi connectivity index (χ3v) is 4.92. The molecule has 1 atom stereocenters. The van der Waals surface area contributed by atoms with Crippen LogP contribution in [0.3, 0.4) is 0 Å². The summed E-state index contributed by atoms with van der Waals surface area (Å²) in [6.07, 6.45) is 4.66.